The number of rotatable bonds is 5. The Balaban J connectivity index is 1.76. The summed E-state index contributed by atoms with van der Waals surface area (Å²) in [6.45, 7) is 0.306. The highest BCUT2D eigenvalue weighted by Gasteiger charge is 2.12. The van der Waals surface area contributed by atoms with Crippen molar-refractivity contribution in [2.24, 2.45) is 0 Å². The summed E-state index contributed by atoms with van der Waals surface area (Å²) in [5.74, 6) is 0.377. The Bertz CT molecular complexity index is 895. The average molecular weight is 376 g/mol. The van der Waals surface area contributed by atoms with Gasteiger partial charge in [0.05, 0.1) is 13.3 Å². The fourth-order valence-corrected chi connectivity index (χ4v) is 2.89. The number of carbonyl (C=O) groups is 1. The van der Waals surface area contributed by atoms with Crippen molar-refractivity contribution in [2.75, 3.05) is 7.11 Å². The summed E-state index contributed by atoms with van der Waals surface area (Å²) in [5, 5.41) is 10.6. The van der Waals surface area contributed by atoms with Gasteiger partial charge in [-0.25, -0.2) is 0 Å². The van der Waals surface area contributed by atoms with Gasteiger partial charge in [0.25, 0.3) is 5.91 Å². The molecule has 1 heterocycles. The summed E-state index contributed by atoms with van der Waals surface area (Å²) in [7, 11) is 1.56. The maximum atomic E-state index is 12.4. The number of H-pyrrole nitrogens is 1. The number of aromatic amines is 1. The number of aromatic nitrogens is 2. The highest BCUT2D eigenvalue weighted by Crippen LogP contribution is 2.30. The second-order valence-corrected chi connectivity index (χ2v) is 6.16. The predicted octanol–water partition coefficient (Wildman–Crippen LogP) is 4.32. The van der Waals surface area contributed by atoms with Crippen LogP contribution in [0.15, 0.2) is 48.8 Å². The van der Waals surface area contributed by atoms with Gasteiger partial charge in [-0.2, -0.15) is 5.10 Å². The standard InChI is InChI=1S/C18H15Cl2N3O2/c1-25-17-6-11(3-5-15(17)13-9-22-23-10-13)18(24)21-8-12-2-4-14(19)7-16(12)20/h2-7,9-10H,8H2,1H3,(H,21,24)(H,22,23). The molecule has 0 aliphatic carbocycles. The maximum absolute atomic E-state index is 12.4. The average Bonchev–Trinajstić information content (AvgIpc) is 3.14. The van der Waals surface area contributed by atoms with Crippen LogP contribution in [0.4, 0.5) is 0 Å². The van der Waals surface area contributed by atoms with E-state index in [1.165, 1.54) is 0 Å². The van der Waals surface area contributed by atoms with E-state index in [0.29, 0.717) is 27.9 Å². The zero-order chi connectivity index (χ0) is 17.8. The Morgan fingerprint density at radius 2 is 2.08 bits per heavy atom. The van der Waals surface area contributed by atoms with Crippen LogP contribution in [0.5, 0.6) is 5.75 Å². The van der Waals surface area contributed by atoms with Gasteiger partial charge in [0.15, 0.2) is 0 Å². The molecule has 5 nitrogen and oxygen atoms in total. The molecule has 0 fully saturated rings. The lowest BCUT2D eigenvalue weighted by molar-refractivity contribution is 0.0950. The van der Waals surface area contributed by atoms with Gasteiger partial charge < -0.3 is 10.1 Å². The molecule has 0 spiro atoms. The van der Waals surface area contributed by atoms with Gasteiger partial charge in [-0.15, -0.1) is 0 Å². The van der Waals surface area contributed by atoms with Gasteiger partial charge in [-0.3, -0.25) is 9.89 Å². The van der Waals surface area contributed by atoms with E-state index in [1.54, 1.807) is 49.8 Å². The molecule has 0 bridgehead atoms. The normalized spacial score (nSPS) is 10.5. The molecule has 0 saturated heterocycles. The quantitative estimate of drug-likeness (QED) is 0.697. The van der Waals surface area contributed by atoms with Gasteiger partial charge in [0.2, 0.25) is 0 Å². The van der Waals surface area contributed by atoms with Crippen molar-refractivity contribution >= 4 is 29.1 Å². The van der Waals surface area contributed by atoms with Crippen molar-refractivity contribution in [3.63, 3.8) is 0 Å². The molecule has 7 heteroatoms. The summed E-state index contributed by atoms with van der Waals surface area (Å²) in [5.41, 5.74) is 3.03. The van der Waals surface area contributed by atoms with Gasteiger partial charge >= 0.3 is 0 Å². The van der Waals surface area contributed by atoms with Crippen molar-refractivity contribution in [3.05, 3.63) is 70.0 Å². The van der Waals surface area contributed by atoms with E-state index >= 15 is 0 Å². The van der Waals surface area contributed by atoms with Crippen molar-refractivity contribution in [1.29, 1.82) is 0 Å². The molecule has 25 heavy (non-hydrogen) atoms. The van der Waals surface area contributed by atoms with Gasteiger partial charge in [0, 0.05) is 39.5 Å². The topological polar surface area (TPSA) is 67.0 Å². The number of carbonyl (C=O) groups excluding carboxylic acids is 1. The number of nitrogens with zero attached hydrogens (tertiary/aromatic N) is 1. The molecular weight excluding hydrogens is 361 g/mol. The molecule has 0 radical (unpaired) electrons. The number of halogens is 2. The highest BCUT2D eigenvalue weighted by molar-refractivity contribution is 6.35. The molecular formula is C18H15Cl2N3O2. The maximum Gasteiger partial charge on any atom is 0.251 e. The molecule has 0 aliphatic rings. The van der Waals surface area contributed by atoms with Crippen LogP contribution in [-0.2, 0) is 6.54 Å². The van der Waals surface area contributed by atoms with E-state index in [9.17, 15) is 4.79 Å². The fraction of sp³-hybridized carbons (Fsp3) is 0.111. The van der Waals surface area contributed by atoms with Crippen LogP contribution < -0.4 is 10.1 Å². The summed E-state index contributed by atoms with van der Waals surface area (Å²) in [6.07, 6.45) is 3.46. The lowest BCUT2D eigenvalue weighted by Gasteiger charge is -2.11. The van der Waals surface area contributed by atoms with Gasteiger partial charge in [-0.05, 0) is 35.9 Å². The Kier molecular flexibility index (Phi) is 5.26. The minimum atomic E-state index is -0.219. The molecule has 2 aromatic carbocycles. The third-order valence-corrected chi connectivity index (χ3v) is 4.31. The first-order valence-corrected chi connectivity index (χ1v) is 8.23. The fourth-order valence-electron chi connectivity index (χ4n) is 2.41. The molecule has 2 N–H and O–H groups in total. The Morgan fingerprint density at radius 3 is 2.76 bits per heavy atom. The lowest BCUT2D eigenvalue weighted by atomic mass is 10.1. The smallest absolute Gasteiger partial charge is 0.251 e. The van der Waals surface area contributed by atoms with E-state index in [-0.39, 0.29) is 5.91 Å². The summed E-state index contributed by atoms with van der Waals surface area (Å²) in [6, 6.07) is 10.4. The van der Waals surface area contributed by atoms with Crippen LogP contribution in [0, 0.1) is 0 Å². The number of hydrogen-bond donors (Lipinski definition) is 2. The molecule has 0 atom stereocenters. The molecule has 1 aromatic heterocycles. The first kappa shape index (κ1) is 17.3. The Hall–Kier alpha value is -2.50. The number of ether oxygens (including phenoxy) is 1. The minimum Gasteiger partial charge on any atom is -0.496 e. The van der Waals surface area contributed by atoms with Crippen molar-refractivity contribution in [1.82, 2.24) is 15.5 Å². The minimum absolute atomic E-state index is 0.219. The summed E-state index contributed by atoms with van der Waals surface area (Å²) < 4.78 is 5.40. The number of benzene rings is 2. The highest BCUT2D eigenvalue weighted by atomic mass is 35.5. The third-order valence-electron chi connectivity index (χ3n) is 3.73. The molecule has 0 saturated carbocycles. The molecule has 128 valence electrons. The van der Waals surface area contributed by atoms with Crippen LogP contribution in [-0.4, -0.2) is 23.2 Å². The number of amides is 1. The molecule has 1 amide bonds. The van der Waals surface area contributed by atoms with Crippen LogP contribution >= 0.6 is 23.2 Å². The molecule has 0 unspecified atom stereocenters. The number of methoxy groups -OCH3 is 1. The molecule has 0 aliphatic heterocycles. The van der Waals surface area contributed by atoms with Crippen molar-refractivity contribution < 1.29 is 9.53 Å². The second kappa shape index (κ2) is 7.59. The third kappa shape index (κ3) is 3.95. The van der Waals surface area contributed by atoms with Crippen LogP contribution in [0.1, 0.15) is 15.9 Å². The van der Waals surface area contributed by atoms with Crippen LogP contribution in [0.3, 0.4) is 0 Å². The molecule has 3 aromatic rings. The van der Waals surface area contributed by atoms with E-state index < -0.39 is 0 Å². The van der Waals surface area contributed by atoms with Crippen LogP contribution in [0.25, 0.3) is 11.1 Å². The Morgan fingerprint density at radius 1 is 1.24 bits per heavy atom. The predicted molar refractivity (Wildman–Crippen MR) is 98.2 cm³/mol. The number of nitrogens with one attached hydrogen (secondary N) is 2. The van der Waals surface area contributed by atoms with E-state index in [1.807, 2.05) is 6.07 Å². The SMILES string of the molecule is COc1cc(C(=O)NCc2ccc(Cl)cc2Cl)ccc1-c1cn[nH]c1. The number of hydrogen-bond acceptors (Lipinski definition) is 3. The largest absolute Gasteiger partial charge is 0.496 e. The summed E-state index contributed by atoms with van der Waals surface area (Å²) in [4.78, 5) is 12.4. The summed E-state index contributed by atoms with van der Waals surface area (Å²) >= 11 is 12.0. The lowest BCUT2D eigenvalue weighted by Crippen LogP contribution is -2.23. The second-order valence-electron chi connectivity index (χ2n) is 5.32. The van der Waals surface area contributed by atoms with E-state index in [4.69, 9.17) is 27.9 Å². The zero-order valence-corrected chi connectivity index (χ0v) is 14.9. The monoisotopic (exact) mass is 375 g/mol. The first-order chi connectivity index (χ1) is 12.1. The zero-order valence-electron chi connectivity index (χ0n) is 13.3. The molecule has 3 rings (SSSR count). The van der Waals surface area contributed by atoms with Crippen molar-refractivity contribution in [3.8, 4) is 16.9 Å². The Labute approximate surface area is 154 Å². The van der Waals surface area contributed by atoms with Gasteiger partial charge in [0.1, 0.15) is 5.75 Å². The van der Waals surface area contributed by atoms with E-state index in [2.05, 4.69) is 15.5 Å². The van der Waals surface area contributed by atoms with Gasteiger partial charge in [-0.1, -0.05) is 29.3 Å². The van der Waals surface area contributed by atoms with E-state index in [0.717, 1.165) is 16.7 Å². The first-order valence-electron chi connectivity index (χ1n) is 7.48. The van der Waals surface area contributed by atoms with Crippen molar-refractivity contribution in [2.45, 2.75) is 6.54 Å². The van der Waals surface area contributed by atoms with Crippen LogP contribution in [0.2, 0.25) is 10.0 Å².